The van der Waals surface area contributed by atoms with Gasteiger partial charge in [0.15, 0.2) is 0 Å². The molecular formula is C7H15NO. The first-order valence-corrected chi connectivity index (χ1v) is 3.59. The van der Waals surface area contributed by atoms with Crippen LogP contribution in [0.15, 0.2) is 0 Å². The van der Waals surface area contributed by atoms with Crippen molar-refractivity contribution in [2.24, 2.45) is 0 Å². The van der Waals surface area contributed by atoms with E-state index in [9.17, 15) is 0 Å². The fourth-order valence-electron chi connectivity index (χ4n) is 1.05. The maximum atomic E-state index is 5.54. The summed E-state index contributed by atoms with van der Waals surface area (Å²) >= 11 is 0. The second kappa shape index (κ2) is 2.67. The Morgan fingerprint density at radius 2 is 2.00 bits per heavy atom. The number of nitrogens with one attached hydrogen (secondary N) is 1. The molecule has 1 rings (SSSR count). The van der Waals surface area contributed by atoms with Gasteiger partial charge in [-0.05, 0) is 20.8 Å². The smallest absolute Gasteiger partial charge is 0.0701 e. The molecule has 2 heteroatoms. The summed E-state index contributed by atoms with van der Waals surface area (Å²) < 4.78 is 5.54. The zero-order valence-corrected chi connectivity index (χ0v) is 6.35. The SMILES string of the molecule is C[C@@H]1NC[C@H](C)O[C@H]1C. The van der Waals surface area contributed by atoms with Crippen LogP contribution >= 0.6 is 0 Å². The van der Waals surface area contributed by atoms with E-state index in [0.29, 0.717) is 18.2 Å². The molecule has 1 fully saturated rings. The molecule has 3 atom stereocenters. The van der Waals surface area contributed by atoms with Gasteiger partial charge in [0.25, 0.3) is 0 Å². The fourth-order valence-corrected chi connectivity index (χ4v) is 1.05. The molecule has 1 saturated heterocycles. The Balaban J connectivity index is 2.35. The lowest BCUT2D eigenvalue weighted by Crippen LogP contribution is -2.48. The number of hydrogen-bond acceptors (Lipinski definition) is 2. The van der Waals surface area contributed by atoms with E-state index in [1.165, 1.54) is 0 Å². The molecule has 9 heavy (non-hydrogen) atoms. The summed E-state index contributed by atoms with van der Waals surface area (Å²) in [5.74, 6) is 0. The van der Waals surface area contributed by atoms with Gasteiger partial charge < -0.3 is 10.1 Å². The predicted molar refractivity (Wildman–Crippen MR) is 37.5 cm³/mol. The average Bonchev–Trinajstić information content (AvgIpc) is 1.80. The van der Waals surface area contributed by atoms with E-state index in [0.717, 1.165) is 6.54 Å². The van der Waals surface area contributed by atoms with E-state index in [4.69, 9.17) is 4.74 Å². The number of morpholine rings is 1. The van der Waals surface area contributed by atoms with Crippen molar-refractivity contribution in [3.63, 3.8) is 0 Å². The van der Waals surface area contributed by atoms with Crippen LogP contribution in [0.25, 0.3) is 0 Å². The van der Waals surface area contributed by atoms with Gasteiger partial charge in [0.2, 0.25) is 0 Å². The minimum Gasteiger partial charge on any atom is -0.373 e. The largest absolute Gasteiger partial charge is 0.373 e. The van der Waals surface area contributed by atoms with Crippen molar-refractivity contribution in [3.8, 4) is 0 Å². The maximum Gasteiger partial charge on any atom is 0.0701 e. The van der Waals surface area contributed by atoms with E-state index in [2.05, 4.69) is 26.1 Å². The van der Waals surface area contributed by atoms with Crippen LogP contribution < -0.4 is 5.32 Å². The van der Waals surface area contributed by atoms with Crippen molar-refractivity contribution in [3.05, 3.63) is 0 Å². The maximum absolute atomic E-state index is 5.54. The van der Waals surface area contributed by atoms with Crippen LogP contribution in [0.4, 0.5) is 0 Å². The van der Waals surface area contributed by atoms with Crippen molar-refractivity contribution >= 4 is 0 Å². The summed E-state index contributed by atoms with van der Waals surface area (Å²) in [6, 6.07) is 0.515. The van der Waals surface area contributed by atoms with Crippen LogP contribution in [0.5, 0.6) is 0 Å². The minimum absolute atomic E-state index is 0.369. The summed E-state index contributed by atoms with van der Waals surface area (Å²) in [7, 11) is 0. The molecular weight excluding hydrogens is 114 g/mol. The van der Waals surface area contributed by atoms with Gasteiger partial charge in [-0.1, -0.05) is 0 Å². The topological polar surface area (TPSA) is 21.3 Å². The van der Waals surface area contributed by atoms with Gasteiger partial charge in [-0.2, -0.15) is 0 Å². The normalized spacial score (nSPS) is 45.0. The van der Waals surface area contributed by atoms with Gasteiger partial charge in [-0.25, -0.2) is 0 Å². The Morgan fingerprint density at radius 3 is 2.44 bits per heavy atom. The predicted octanol–water partition coefficient (Wildman–Crippen LogP) is 0.772. The first-order valence-electron chi connectivity index (χ1n) is 3.59. The molecule has 0 radical (unpaired) electrons. The average molecular weight is 129 g/mol. The Morgan fingerprint density at radius 1 is 1.33 bits per heavy atom. The first kappa shape index (κ1) is 7.03. The second-order valence-electron chi connectivity index (χ2n) is 2.85. The molecule has 1 aliphatic heterocycles. The van der Waals surface area contributed by atoms with Crippen LogP contribution in [-0.4, -0.2) is 24.8 Å². The van der Waals surface area contributed by atoms with Gasteiger partial charge in [0.05, 0.1) is 12.2 Å². The van der Waals surface area contributed by atoms with Gasteiger partial charge in [-0.15, -0.1) is 0 Å². The third-order valence-corrected chi connectivity index (χ3v) is 1.88. The highest BCUT2D eigenvalue weighted by Crippen LogP contribution is 2.07. The van der Waals surface area contributed by atoms with Crippen LogP contribution in [0, 0.1) is 0 Å². The lowest BCUT2D eigenvalue weighted by atomic mass is 10.1. The highest BCUT2D eigenvalue weighted by Gasteiger charge is 2.20. The van der Waals surface area contributed by atoms with Crippen molar-refractivity contribution in [1.29, 1.82) is 0 Å². The van der Waals surface area contributed by atoms with Gasteiger partial charge in [0.1, 0.15) is 0 Å². The molecule has 0 aromatic heterocycles. The van der Waals surface area contributed by atoms with Crippen LogP contribution in [-0.2, 0) is 4.74 Å². The van der Waals surface area contributed by atoms with Crippen LogP contribution in [0.1, 0.15) is 20.8 Å². The molecule has 2 nitrogen and oxygen atoms in total. The van der Waals surface area contributed by atoms with E-state index < -0.39 is 0 Å². The van der Waals surface area contributed by atoms with Crippen LogP contribution in [0.3, 0.4) is 0 Å². The molecule has 1 N–H and O–H groups in total. The zero-order valence-electron chi connectivity index (χ0n) is 6.35. The quantitative estimate of drug-likeness (QED) is 0.521. The standard InChI is InChI=1S/C7H15NO/c1-5-4-8-6(2)7(3)9-5/h5-8H,4H2,1-3H3/t5-,6-,7-/m0/s1. The molecule has 0 aliphatic carbocycles. The van der Waals surface area contributed by atoms with E-state index >= 15 is 0 Å². The third-order valence-electron chi connectivity index (χ3n) is 1.88. The zero-order chi connectivity index (χ0) is 6.85. The van der Waals surface area contributed by atoms with E-state index in [1.54, 1.807) is 0 Å². The van der Waals surface area contributed by atoms with Gasteiger partial charge in [-0.3, -0.25) is 0 Å². The number of hydrogen-bond donors (Lipinski definition) is 1. The summed E-state index contributed by atoms with van der Waals surface area (Å²) in [5, 5.41) is 3.36. The number of ether oxygens (including phenoxy) is 1. The molecule has 0 unspecified atom stereocenters. The molecule has 0 aromatic rings. The Bertz CT molecular complexity index is 94.9. The van der Waals surface area contributed by atoms with Gasteiger partial charge in [0, 0.05) is 12.6 Å². The molecule has 0 saturated carbocycles. The monoisotopic (exact) mass is 129 g/mol. The Hall–Kier alpha value is -0.0800. The molecule has 1 aliphatic rings. The molecule has 1 heterocycles. The summed E-state index contributed by atoms with van der Waals surface area (Å²) in [4.78, 5) is 0. The molecule has 0 bridgehead atoms. The lowest BCUT2D eigenvalue weighted by molar-refractivity contribution is -0.0395. The lowest BCUT2D eigenvalue weighted by Gasteiger charge is -2.31. The van der Waals surface area contributed by atoms with Crippen molar-refractivity contribution in [1.82, 2.24) is 5.32 Å². The minimum atomic E-state index is 0.369. The van der Waals surface area contributed by atoms with Gasteiger partial charge >= 0.3 is 0 Å². The molecule has 54 valence electrons. The van der Waals surface area contributed by atoms with Crippen molar-refractivity contribution < 1.29 is 4.74 Å². The fraction of sp³-hybridized carbons (Fsp3) is 1.00. The third kappa shape index (κ3) is 1.66. The van der Waals surface area contributed by atoms with E-state index in [-0.39, 0.29) is 0 Å². The molecule has 0 amide bonds. The van der Waals surface area contributed by atoms with Crippen molar-refractivity contribution in [2.45, 2.75) is 39.0 Å². The summed E-state index contributed by atoms with van der Waals surface area (Å²) in [6.07, 6.45) is 0.755. The second-order valence-corrected chi connectivity index (χ2v) is 2.85. The Labute approximate surface area is 56.6 Å². The first-order chi connectivity index (χ1) is 4.20. The van der Waals surface area contributed by atoms with Crippen molar-refractivity contribution in [2.75, 3.05) is 6.54 Å². The summed E-state index contributed by atoms with van der Waals surface area (Å²) in [6.45, 7) is 7.34. The van der Waals surface area contributed by atoms with E-state index in [1.807, 2.05) is 0 Å². The van der Waals surface area contributed by atoms with Crippen LogP contribution in [0.2, 0.25) is 0 Å². The highest BCUT2D eigenvalue weighted by atomic mass is 16.5. The highest BCUT2D eigenvalue weighted by molar-refractivity contribution is 4.76. The Kier molecular flexibility index (Phi) is 2.09. The summed E-state index contributed by atoms with van der Waals surface area (Å²) in [5.41, 5.74) is 0. The number of rotatable bonds is 0. The molecule has 0 spiro atoms. The molecule has 0 aromatic carbocycles.